The van der Waals surface area contributed by atoms with E-state index in [0.29, 0.717) is 6.42 Å². The van der Waals surface area contributed by atoms with E-state index in [2.05, 4.69) is 5.32 Å². The molecule has 0 aliphatic rings. The Morgan fingerprint density at radius 3 is 2.26 bits per heavy atom. The summed E-state index contributed by atoms with van der Waals surface area (Å²) >= 11 is 0. The molecule has 2 N–H and O–H groups in total. The van der Waals surface area contributed by atoms with Crippen molar-refractivity contribution >= 4 is 5.69 Å². The van der Waals surface area contributed by atoms with Crippen LogP contribution >= 0.6 is 0 Å². The van der Waals surface area contributed by atoms with Crippen LogP contribution in [0.4, 0.5) is 10.1 Å². The van der Waals surface area contributed by atoms with Gasteiger partial charge in [-0.05, 0) is 43.2 Å². The Morgan fingerprint density at radius 1 is 1.05 bits per heavy atom. The van der Waals surface area contributed by atoms with Crippen molar-refractivity contribution in [1.82, 2.24) is 0 Å². The fourth-order valence-electron chi connectivity index (χ4n) is 2.06. The molecule has 0 amide bonds. The molecule has 0 spiro atoms. The minimum absolute atomic E-state index is 0.000723. The van der Waals surface area contributed by atoms with Crippen LogP contribution in [-0.4, -0.2) is 17.3 Å². The van der Waals surface area contributed by atoms with Gasteiger partial charge >= 0.3 is 0 Å². The molecule has 0 aliphatic carbocycles. The molecule has 2 aromatic rings. The zero-order valence-electron chi connectivity index (χ0n) is 10.9. The predicted molar refractivity (Wildman–Crippen MR) is 75.7 cm³/mol. The second-order valence-corrected chi connectivity index (χ2v) is 5.01. The van der Waals surface area contributed by atoms with E-state index in [1.807, 2.05) is 37.3 Å². The van der Waals surface area contributed by atoms with Crippen molar-refractivity contribution in [1.29, 1.82) is 0 Å². The van der Waals surface area contributed by atoms with Crippen molar-refractivity contribution in [2.45, 2.75) is 18.9 Å². The monoisotopic (exact) mass is 259 g/mol. The normalized spacial score (nSPS) is 13.8. The summed E-state index contributed by atoms with van der Waals surface area (Å²) in [5, 5.41) is 13.0. The number of hydrogen-bond donors (Lipinski definition) is 2. The number of aliphatic hydroxyl groups is 1. The summed E-state index contributed by atoms with van der Waals surface area (Å²) in [5.41, 5.74) is 1.47. The number of benzene rings is 2. The fourth-order valence-corrected chi connectivity index (χ4v) is 2.06. The average molecular weight is 259 g/mol. The number of nitrogens with one attached hydrogen (secondary N) is 1. The minimum Gasteiger partial charge on any atom is -0.394 e. The first-order valence-electron chi connectivity index (χ1n) is 6.30. The molecule has 0 radical (unpaired) electrons. The Bertz CT molecular complexity index is 512. The van der Waals surface area contributed by atoms with Crippen LogP contribution in [0.1, 0.15) is 12.5 Å². The van der Waals surface area contributed by atoms with Crippen LogP contribution in [-0.2, 0) is 6.42 Å². The maximum atomic E-state index is 12.9. The van der Waals surface area contributed by atoms with Crippen molar-refractivity contribution in [3.05, 3.63) is 66.0 Å². The van der Waals surface area contributed by atoms with Gasteiger partial charge in [-0.3, -0.25) is 0 Å². The van der Waals surface area contributed by atoms with Gasteiger partial charge < -0.3 is 10.4 Å². The summed E-state index contributed by atoms with van der Waals surface area (Å²) in [6, 6.07) is 16.1. The molecule has 3 heteroatoms. The average Bonchev–Trinajstić information content (AvgIpc) is 2.42. The van der Waals surface area contributed by atoms with Crippen LogP contribution in [0.15, 0.2) is 54.6 Å². The molecule has 19 heavy (non-hydrogen) atoms. The lowest BCUT2D eigenvalue weighted by Crippen LogP contribution is -2.41. The summed E-state index contributed by atoms with van der Waals surface area (Å²) in [6.45, 7) is 1.95. The summed E-state index contributed by atoms with van der Waals surface area (Å²) in [4.78, 5) is 0. The van der Waals surface area contributed by atoms with Gasteiger partial charge in [-0.25, -0.2) is 4.39 Å². The first kappa shape index (κ1) is 13.6. The van der Waals surface area contributed by atoms with E-state index in [1.165, 1.54) is 12.1 Å². The smallest absolute Gasteiger partial charge is 0.123 e. The third-order valence-corrected chi connectivity index (χ3v) is 3.08. The van der Waals surface area contributed by atoms with E-state index >= 15 is 0 Å². The molecule has 0 saturated carbocycles. The number of aliphatic hydroxyl groups excluding tert-OH is 1. The van der Waals surface area contributed by atoms with Gasteiger partial charge in [-0.1, -0.05) is 30.3 Å². The van der Waals surface area contributed by atoms with E-state index in [4.69, 9.17) is 0 Å². The molecule has 1 atom stereocenters. The van der Waals surface area contributed by atoms with Crippen LogP contribution in [0, 0.1) is 5.82 Å². The van der Waals surface area contributed by atoms with E-state index in [9.17, 15) is 9.50 Å². The Kier molecular flexibility index (Phi) is 4.17. The second-order valence-electron chi connectivity index (χ2n) is 5.01. The molecule has 0 aromatic heterocycles. The molecule has 0 aliphatic heterocycles. The zero-order chi connectivity index (χ0) is 13.7. The predicted octanol–water partition coefficient (Wildman–Crippen LogP) is 3.23. The third kappa shape index (κ3) is 3.80. The van der Waals surface area contributed by atoms with Gasteiger partial charge in [-0.2, -0.15) is 0 Å². The Balaban J connectivity index is 2.11. The quantitative estimate of drug-likeness (QED) is 0.864. The molecule has 0 saturated heterocycles. The summed E-state index contributed by atoms with van der Waals surface area (Å²) in [7, 11) is 0. The summed E-state index contributed by atoms with van der Waals surface area (Å²) in [5.74, 6) is -0.245. The van der Waals surface area contributed by atoms with E-state index in [-0.39, 0.29) is 12.4 Å². The Labute approximate surface area is 112 Å². The van der Waals surface area contributed by atoms with Crippen LogP contribution < -0.4 is 5.32 Å². The number of hydrogen-bond acceptors (Lipinski definition) is 2. The van der Waals surface area contributed by atoms with Crippen LogP contribution in [0.25, 0.3) is 0 Å². The van der Waals surface area contributed by atoms with Crippen molar-refractivity contribution in [3.8, 4) is 0 Å². The van der Waals surface area contributed by atoms with Crippen molar-refractivity contribution < 1.29 is 9.50 Å². The van der Waals surface area contributed by atoms with Crippen molar-refractivity contribution in [2.75, 3.05) is 11.9 Å². The Morgan fingerprint density at radius 2 is 1.68 bits per heavy atom. The highest BCUT2D eigenvalue weighted by Gasteiger charge is 2.23. The maximum absolute atomic E-state index is 12.9. The van der Waals surface area contributed by atoms with Crippen LogP contribution in [0.5, 0.6) is 0 Å². The molecule has 2 nitrogen and oxygen atoms in total. The van der Waals surface area contributed by atoms with Crippen molar-refractivity contribution in [3.63, 3.8) is 0 Å². The van der Waals surface area contributed by atoms with Gasteiger partial charge in [0.25, 0.3) is 0 Å². The lowest BCUT2D eigenvalue weighted by molar-refractivity contribution is 0.222. The SMILES string of the molecule is CC(CO)(Cc1ccc(F)cc1)Nc1ccccc1. The number of anilines is 1. The second kappa shape index (κ2) is 5.85. The number of para-hydroxylation sites is 1. The molecule has 0 fully saturated rings. The summed E-state index contributed by atoms with van der Waals surface area (Å²) < 4.78 is 12.9. The lowest BCUT2D eigenvalue weighted by atomic mass is 9.93. The largest absolute Gasteiger partial charge is 0.394 e. The van der Waals surface area contributed by atoms with E-state index in [1.54, 1.807) is 12.1 Å². The van der Waals surface area contributed by atoms with Crippen LogP contribution in [0.3, 0.4) is 0 Å². The van der Waals surface area contributed by atoms with Gasteiger partial charge in [0.15, 0.2) is 0 Å². The molecular formula is C16H18FNO. The number of rotatable bonds is 5. The molecule has 2 aromatic carbocycles. The highest BCUT2D eigenvalue weighted by Crippen LogP contribution is 2.19. The molecule has 100 valence electrons. The zero-order valence-corrected chi connectivity index (χ0v) is 10.9. The topological polar surface area (TPSA) is 32.3 Å². The number of halogens is 1. The third-order valence-electron chi connectivity index (χ3n) is 3.08. The fraction of sp³-hybridized carbons (Fsp3) is 0.250. The van der Waals surface area contributed by atoms with Gasteiger partial charge in [0.1, 0.15) is 5.82 Å². The van der Waals surface area contributed by atoms with Gasteiger partial charge in [0, 0.05) is 5.69 Å². The van der Waals surface area contributed by atoms with Crippen LogP contribution in [0.2, 0.25) is 0 Å². The van der Waals surface area contributed by atoms with Gasteiger partial charge in [0.2, 0.25) is 0 Å². The van der Waals surface area contributed by atoms with Gasteiger partial charge in [-0.15, -0.1) is 0 Å². The lowest BCUT2D eigenvalue weighted by Gasteiger charge is -2.30. The highest BCUT2D eigenvalue weighted by molar-refractivity contribution is 5.45. The minimum atomic E-state index is -0.473. The molecule has 2 rings (SSSR count). The molecule has 1 unspecified atom stereocenters. The maximum Gasteiger partial charge on any atom is 0.123 e. The molecule has 0 heterocycles. The van der Waals surface area contributed by atoms with Crippen molar-refractivity contribution in [2.24, 2.45) is 0 Å². The highest BCUT2D eigenvalue weighted by atomic mass is 19.1. The van der Waals surface area contributed by atoms with E-state index < -0.39 is 5.54 Å². The molecular weight excluding hydrogens is 241 g/mol. The van der Waals surface area contributed by atoms with E-state index in [0.717, 1.165) is 11.3 Å². The first-order valence-corrected chi connectivity index (χ1v) is 6.30. The molecule has 0 bridgehead atoms. The Hall–Kier alpha value is -1.87. The first-order chi connectivity index (χ1) is 9.11. The standard InChI is InChI=1S/C16H18FNO/c1-16(12-19,18-15-5-3-2-4-6-15)11-13-7-9-14(17)10-8-13/h2-10,18-19H,11-12H2,1H3. The summed E-state index contributed by atoms with van der Waals surface area (Å²) in [6.07, 6.45) is 0.624. The van der Waals surface area contributed by atoms with Gasteiger partial charge in [0.05, 0.1) is 12.1 Å².